The van der Waals surface area contributed by atoms with Crippen LogP contribution in [0.5, 0.6) is 11.5 Å². The smallest absolute Gasteiger partial charge is 0.182 e. The highest BCUT2D eigenvalue weighted by Crippen LogP contribution is 2.30. The number of benzene rings is 1. The Morgan fingerprint density at radius 2 is 1.79 bits per heavy atom. The lowest BCUT2D eigenvalue weighted by atomic mass is 9.87. The van der Waals surface area contributed by atoms with Crippen molar-refractivity contribution in [3.63, 3.8) is 0 Å². The minimum absolute atomic E-state index is 0.0842. The number of nitrogens with zero attached hydrogens (tertiary/aromatic N) is 1. The molecule has 1 rings (SSSR count). The first-order valence-corrected chi connectivity index (χ1v) is 6.35. The number of rotatable bonds is 6. The van der Waals surface area contributed by atoms with Crippen LogP contribution in [0.4, 0.5) is 0 Å². The number of Topliss-reactive ketones (excluding diaryl/α,β-unsaturated/α-hetero) is 1. The fourth-order valence-corrected chi connectivity index (χ4v) is 1.97. The third kappa shape index (κ3) is 2.89. The van der Waals surface area contributed by atoms with Gasteiger partial charge in [-0.1, -0.05) is 6.92 Å². The summed E-state index contributed by atoms with van der Waals surface area (Å²) >= 11 is 0. The van der Waals surface area contributed by atoms with E-state index in [4.69, 9.17) is 9.47 Å². The quantitative estimate of drug-likeness (QED) is 0.741. The van der Waals surface area contributed by atoms with Gasteiger partial charge in [-0.15, -0.1) is 0 Å². The number of methoxy groups -OCH3 is 2. The van der Waals surface area contributed by atoms with E-state index < -0.39 is 5.54 Å². The van der Waals surface area contributed by atoms with Crippen LogP contribution in [-0.2, 0) is 0 Å². The summed E-state index contributed by atoms with van der Waals surface area (Å²) in [6, 6.07) is 5.28. The molecule has 19 heavy (non-hydrogen) atoms. The van der Waals surface area contributed by atoms with Crippen LogP contribution in [0.2, 0.25) is 0 Å². The molecule has 4 heteroatoms. The van der Waals surface area contributed by atoms with Crippen LogP contribution in [-0.4, -0.2) is 44.5 Å². The third-order valence-electron chi connectivity index (χ3n) is 3.81. The Kier molecular flexibility index (Phi) is 4.95. The molecule has 0 amide bonds. The van der Waals surface area contributed by atoms with Gasteiger partial charge in [0, 0.05) is 5.56 Å². The average Bonchev–Trinajstić information content (AvgIpc) is 2.44. The Labute approximate surface area is 115 Å². The molecule has 4 nitrogen and oxygen atoms in total. The Hall–Kier alpha value is -1.55. The second-order valence-electron chi connectivity index (χ2n) is 4.92. The van der Waals surface area contributed by atoms with Crippen molar-refractivity contribution in [2.45, 2.75) is 25.8 Å². The molecule has 1 unspecified atom stereocenters. The summed E-state index contributed by atoms with van der Waals surface area (Å²) in [6.45, 7) is 3.96. The summed E-state index contributed by atoms with van der Waals surface area (Å²) in [4.78, 5) is 14.6. The number of likely N-dealkylation sites (N-methyl/N-ethyl adjacent to an activating group) is 1. The van der Waals surface area contributed by atoms with Gasteiger partial charge in [-0.25, -0.2) is 0 Å². The van der Waals surface area contributed by atoms with Crippen molar-refractivity contribution in [3.8, 4) is 11.5 Å². The van der Waals surface area contributed by atoms with Crippen LogP contribution in [0.15, 0.2) is 18.2 Å². The van der Waals surface area contributed by atoms with Crippen molar-refractivity contribution in [2.75, 3.05) is 28.3 Å². The molecule has 1 aromatic rings. The van der Waals surface area contributed by atoms with Crippen molar-refractivity contribution in [1.82, 2.24) is 4.90 Å². The summed E-state index contributed by atoms with van der Waals surface area (Å²) in [7, 11) is 6.98. The fraction of sp³-hybridized carbons (Fsp3) is 0.533. The molecule has 0 saturated carbocycles. The molecule has 1 atom stereocenters. The SMILES string of the molecule is CCC(C)(C(=O)c1ccc(OC)c(OC)c1)N(C)C. The largest absolute Gasteiger partial charge is 0.493 e. The summed E-state index contributed by atoms with van der Waals surface area (Å²) in [6.07, 6.45) is 0.743. The summed E-state index contributed by atoms with van der Waals surface area (Å²) in [5, 5.41) is 0. The van der Waals surface area contributed by atoms with E-state index in [-0.39, 0.29) is 5.78 Å². The second-order valence-corrected chi connectivity index (χ2v) is 4.92. The molecular formula is C15H23NO3. The highest BCUT2D eigenvalue weighted by Gasteiger charge is 2.34. The first-order valence-electron chi connectivity index (χ1n) is 6.35. The first kappa shape index (κ1) is 15.5. The monoisotopic (exact) mass is 265 g/mol. The Morgan fingerprint density at radius 1 is 1.21 bits per heavy atom. The molecule has 0 aliphatic heterocycles. The third-order valence-corrected chi connectivity index (χ3v) is 3.81. The van der Waals surface area contributed by atoms with E-state index in [0.717, 1.165) is 6.42 Å². The highest BCUT2D eigenvalue weighted by atomic mass is 16.5. The molecule has 106 valence electrons. The first-order chi connectivity index (χ1) is 8.90. The van der Waals surface area contributed by atoms with Gasteiger partial charge in [-0.3, -0.25) is 9.69 Å². The average molecular weight is 265 g/mol. The van der Waals surface area contributed by atoms with Crippen LogP contribution in [0.25, 0.3) is 0 Å². The molecule has 0 aromatic heterocycles. The van der Waals surface area contributed by atoms with Crippen molar-refractivity contribution < 1.29 is 14.3 Å². The van der Waals surface area contributed by atoms with E-state index >= 15 is 0 Å². The molecule has 0 heterocycles. The maximum absolute atomic E-state index is 12.7. The Bertz CT molecular complexity index is 457. The van der Waals surface area contributed by atoms with E-state index in [0.29, 0.717) is 17.1 Å². The molecule has 0 N–H and O–H groups in total. The number of carbonyl (C=O) groups is 1. The summed E-state index contributed by atoms with van der Waals surface area (Å²) < 4.78 is 10.4. The molecular weight excluding hydrogens is 242 g/mol. The van der Waals surface area contributed by atoms with Gasteiger partial charge in [0.15, 0.2) is 17.3 Å². The molecule has 0 aliphatic rings. The van der Waals surface area contributed by atoms with E-state index in [2.05, 4.69) is 0 Å². The van der Waals surface area contributed by atoms with Crippen LogP contribution in [0.3, 0.4) is 0 Å². The second kappa shape index (κ2) is 6.06. The predicted octanol–water partition coefficient (Wildman–Crippen LogP) is 2.62. The maximum Gasteiger partial charge on any atom is 0.182 e. The van der Waals surface area contributed by atoms with Gasteiger partial charge in [0.1, 0.15) is 0 Å². The van der Waals surface area contributed by atoms with Crippen LogP contribution in [0.1, 0.15) is 30.6 Å². The Balaban J connectivity index is 3.20. The zero-order chi connectivity index (χ0) is 14.6. The summed E-state index contributed by atoms with van der Waals surface area (Å²) in [5.41, 5.74) is 0.121. The molecule has 0 fully saturated rings. The molecule has 0 radical (unpaired) electrons. The highest BCUT2D eigenvalue weighted by molar-refractivity contribution is 6.03. The topological polar surface area (TPSA) is 38.8 Å². The maximum atomic E-state index is 12.7. The van der Waals surface area contributed by atoms with Gasteiger partial charge in [-0.2, -0.15) is 0 Å². The fourth-order valence-electron chi connectivity index (χ4n) is 1.97. The van der Waals surface area contributed by atoms with Crippen LogP contribution in [0, 0.1) is 0 Å². The number of carbonyl (C=O) groups excluding carboxylic acids is 1. The van der Waals surface area contributed by atoms with Gasteiger partial charge in [0.2, 0.25) is 0 Å². The lowest BCUT2D eigenvalue weighted by Gasteiger charge is -2.34. The minimum atomic E-state index is -0.514. The minimum Gasteiger partial charge on any atom is -0.493 e. The molecule has 0 aliphatic carbocycles. The lowest BCUT2D eigenvalue weighted by molar-refractivity contribution is 0.0710. The van der Waals surface area contributed by atoms with E-state index in [1.165, 1.54) is 0 Å². The van der Waals surface area contributed by atoms with Crippen molar-refractivity contribution in [2.24, 2.45) is 0 Å². The molecule has 0 bridgehead atoms. The van der Waals surface area contributed by atoms with Crippen molar-refractivity contribution in [1.29, 1.82) is 0 Å². The van der Waals surface area contributed by atoms with Gasteiger partial charge in [0.25, 0.3) is 0 Å². The zero-order valence-corrected chi connectivity index (χ0v) is 12.6. The molecule has 0 spiro atoms. The molecule has 0 saturated heterocycles. The van der Waals surface area contributed by atoms with Crippen molar-refractivity contribution in [3.05, 3.63) is 23.8 Å². The van der Waals surface area contributed by atoms with E-state index in [1.54, 1.807) is 32.4 Å². The number of ketones is 1. The van der Waals surface area contributed by atoms with Gasteiger partial charge in [-0.05, 0) is 45.6 Å². The van der Waals surface area contributed by atoms with Crippen molar-refractivity contribution >= 4 is 5.78 Å². The van der Waals surface area contributed by atoms with Crippen LogP contribution >= 0.6 is 0 Å². The Morgan fingerprint density at radius 3 is 2.21 bits per heavy atom. The predicted molar refractivity (Wildman–Crippen MR) is 76.3 cm³/mol. The molecule has 1 aromatic carbocycles. The standard InChI is InChI=1S/C15H23NO3/c1-7-15(2,16(3)4)14(17)11-8-9-12(18-5)13(10-11)19-6/h8-10H,7H2,1-6H3. The van der Waals surface area contributed by atoms with Gasteiger partial charge < -0.3 is 9.47 Å². The zero-order valence-electron chi connectivity index (χ0n) is 12.6. The van der Waals surface area contributed by atoms with Crippen LogP contribution < -0.4 is 9.47 Å². The lowest BCUT2D eigenvalue weighted by Crippen LogP contribution is -2.48. The number of hydrogen-bond donors (Lipinski definition) is 0. The summed E-state index contributed by atoms with van der Waals surface area (Å²) in [5.74, 6) is 1.29. The normalized spacial score (nSPS) is 14.1. The van der Waals surface area contributed by atoms with Gasteiger partial charge >= 0.3 is 0 Å². The van der Waals surface area contributed by atoms with E-state index in [1.807, 2.05) is 32.8 Å². The number of ether oxygens (including phenoxy) is 2. The van der Waals surface area contributed by atoms with E-state index in [9.17, 15) is 4.79 Å². The number of hydrogen-bond acceptors (Lipinski definition) is 4. The van der Waals surface area contributed by atoms with Gasteiger partial charge in [0.05, 0.1) is 19.8 Å².